The van der Waals surface area contributed by atoms with Gasteiger partial charge in [0, 0.05) is 12.4 Å². The van der Waals surface area contributed by atoms with Crippen molar-refractivity contribution < 1.29 is 0 Å². The normalized spacial score (nSPS) is 9.86. The molecule has 0 saturated carbocycles. The average Bonchev–Trinajstić information content (AvgIpc) is 2.14. The minimum absolute atomic E-state index is 0.304. The van der Waals surface area contributed by atoms with E-state index in [0.29, 0.717) is 11.4 Å². The Balaban J connectivity index is 3.08. The van der Waals surface area contributed by atoms with Crippen molar-refractivity contribution in [2.24, 2.45) is 0 Å². The molecular weight excluding hydrogens is 190 g/mol. The fourth-order valence-corrected chi connectivity index (χ4v) is 1.25. The third-order valence-electron chi connectivity index (χ3n) is 1.36. The van der Waals surface area contributed by atoms with Crippen molar-refractivity contribution in [3.8, 4) is 17.5 Å². The number of hydrogen-bond donors (Lipinski definition) is 0. The Morgan fingerprint density at radius 3 is 2.21 bits per heavy atom. The van der Waals surface area contributed by atoms with E-state index in [1.54, 1.807) is 6.20 Å². The lowest BCUT2D eigenvalue weighted by molar-refractivity contribution is 1.14. The van der Waals surface area contributed by atoms with Gasteiger partial charge >= 0.3 is 0 Å². The molecule has 1 heterocycles. The molecule has 4 heteroatoms. The third kappa shape index (κ3) is 3.00. The van der Waals surface area contributed by atoms with Gasteiger partial charge in [-0.2, -0.15) is 5.26 Å². The smallest absolute Gasteiger partial charge is 0.174 e. The number of aromatic nitrogens is 2. The molecule has 1 aromatic heterocycles. The lowest BCUT2D eigenvalue weighted by Gasteiger charge is -2.03. The van der Waals surface area contributed by atoms with Crippen LogP contribution < -0.4 is 0 Å². The maximum atomic E-state index is 8.74. The maximum absolute atomic E-state index is 8.74. The lowest BCUT2D eigenvalue weighted by atomic mass is 10.3. The second-order valence-corrected chi connectivity index (χ2v) is 8.62. The van der Waals surface area contributed by atoms with Gasteiger partial charge in [0.1, 0.15) is 19.8 Å². The van der Waals surface area contributed by atoms with Crippen molar-refractivity contribution in [1.82, 2.24) is 9.97 Å². The van der Waals surface area contributed by atoms with Gasteiger partial charge in [0.05, 0.1) is 0 Å². The predicted molar refractivity (Wildman–Crippen MR) is 57.0 cm³/mol. The van der Waals surface area contributed by atoms with E-state index in [1.807, 2.05) is 6.07 Å². The summed E-state index contributed by atoms with van der Waals surface area (Å²) in [7, 11) is -1.41. The standard InChI is InChI=1S/C10H11N3Si/c1-14(2,3)7-4-9-10(8-11)13-6-5-12-9/h5-6H,1-3H3. The first kappa shape index (κ1) is 10.4. The van der Waals surface area contributed by atoms with E-state index in [2.05, 4.69) is 41.1 Å². The van der Waals surface area contributed by atoms with Crippen LogP contribution in [-0.2, 0) is 0 Å². The third-order valence-corrected chi connectivity index (χ3v) is 2.24. The van der Waals surface area contributed by atoms with E-state index in [1.165, 1.54) is 6.20 Å². The highest BCUT2D eigenvalue weighted by Gasteiger charge is 2.08. The summed E-state index contributed by atoms with van der Waals surface area (Å²) in [6.07, 6.45) is 3.05. The van der Waals surface area contributed by atoms with Crippen LogP contribution in [0.25, 0.3) is 0 Å². The van der Waals surface area contributed by atoms with Crippen LogP contribution in [0.4, 0.5) is 0 Å². The van der Waals surface area contributed by atoms with Gasteiger partial charge < -0.3 is 0 Å². The average molecular weight is 201 g/mol. The van der Waals surface area contributed by atoms with E-state index < -0.39 is 8.07 Å². The molecule has 1 rings (SSSR count). The van der Waals surface area contributed by atoms with Gasteiger partial charge in [0.25, 0.3) is 0 Å². The van der Waals surface area contributed by atoms with Gasteiger partial charge in [0.15, 0.2) is 5.69 Å². The fourth-order valence-electron chi connectivity index (χ4n) is 0.758. The summed E-state index contributed by atoms with van der Waals surface area (Å²) in [4.78, 5) is 7.90. The van der Waals surface area contributed by atoms with Crippen LogP contribution >= 0.6 is 0 Å². The summed E-state index contributed by atoms with van der Waals surface area (Å²) >= 11 is 0. The molecule has 0 aliphatic rings. The Morgan fingerprint density at radius 2 is 1.71 bits per heavy atom. The molecule has 0 N–H and O–H groups in total. The molecule has 0 aromatic carbocycles. The zero-order valence-corrected chi connectivity index (χ0v) is 9.50. The number of rotatable bonds is 0. The molecule has 0 saturated heterocycles. The molecule has 0 amide bonds. The summed E-state index contributed by atoms with van der Waals surface area (Å²) in [6.45, 7) is 6.42. The zero-order chi connectivity index (χ0) is 10.6. The minimum Gasteiger partial charge on any atom is -0.243 e. The molecule has 0 fully saturated rings. The van der Waals surface area contributed by atoms with E-state index in [4.69, 9.17) is 5.26 Å². The van der Waals surface area contributed by atoms with E-state index in [-0.39, 0.29) is 0 Å². The van der Waals surface area contributed by atoms with Crippen molar-refractivity contribution in [1.29, 1.82) is 5.26 Å². The molecule has 0 unspecified atom stereocenters. The second-order valence-electron chi connectivity index (χ2n) is 3.87. The maximum Gasteiger partial charge on any atom is 0.174 e. The first-order chi connectivity index (χ1) is 6.53. The second kappa shape index (κ2) is 4.04. The van der Waals surface area contributed by atoms with E-state index >= 15 is 0 Å². The summed E-state index contributed by atoms with van der Waals surface area (Å²) in [5, 5.41) is 8.74. The topological polar surface area (TPSA) is 49.6 Å². The Hall–Kier alpha value is -1.65. The van der Waals surface area contributed by atoms with Gasteiger partial charge in [-0.25, -0.2) is 9.97 Å². The van der Waals surface area contributed by atoms with Crippen molar-refractivity contribution in [2.75, 3.05) is 0 Å². The molecule has 70 valence electrons. The fraction of sp³-hybridized carbons (Fsp3) is 0.300. The molecule has 0 aliphatic carbocycles. The van der Waals surface area contributed by atoms with Crippen LogP contribution in [0.5, 0.6) is 0 Å². The molecule has 0 aliphatic heterocycles. The molecule has 0 spiro atoms. The highest BCUT2D eigenvalue weighted by molar-refractivity contribution is 6.83. The quantitative estimate of drug-likeness (QED) is 0.473. The van der Waals surface area contributed by atoms with Crippen LogP contribution in [0, 0.1) is 22.8 Å². The predicted octanol–water partition coefficient (Wildman–Crippen LogP) is 1.58. The largest absolute Gasteiger partial charge is 0.243 e. The van der Waals surface area contributed by atoms with Crippen LogP contribution in [0.2, 0.25) is 19.6 Å². The van der Waals surface area contributed by atoms with Crippen molar-refractivity contribution in [3.63, 3.8) is 0 Å². The summed E-state index contributed by atoms with van der Waals surface area (Å²) in [6, 6.07) is 1.97. The monoisotopic (exact) mass is 201 g/mol. The molecule has 0 atom stereocenters. The molecule has 3 nitrogen and oxygen atoms in total. The highest BCUT2D eigenvalue weighted by Crippen LogP contribution is 2.00. The molecule has 1 aromatic rings. The van der Waals surface area contributed by atoms with Crippen LogP contribution in [0.15, 0.2) is 12.4 Å². The van der Waals surface area contributed by atoms with Crippen molar-refractivity contribution in [3.05, 3.63) is 23.8 Å². The van der Waals surface area contributed by atoms with Gasteiger partial charge in [-0.05, 0) is 0 Å². The Bertz CT molecular complexity index is 429. The zero-order valence-electron chi connectivity index (χ0n) is 8.50. The van der Waals surface area contributed by atoms with Gasteiger partial charge in [-0.1, -0.05) is 25.6 Å². The Morgan fingerprint density at radius 1 is 1.14 bits per heavy atom. The summed E-state index contributed by atoms with van der Waals surface area (Å²) in [5.74, 6) is 2.92. The van der Waals surface area contributed by atoms with Crippen LogP contribution in [0.3, 0.4) is 0 Å². The van der Waals surface area contributed by atoms with Gasteiger partial charge in [-0.15, -0.1) is 5.54 Å². The van der Waals surface area contributed by atoms with Crippen LogP contribution in [-0.4, -0.2) is 18.0 Å². The van der Waals surface area contributed by atoms with E-state index in [0.717, 1.165) is 0 Å². The molecule has 0 radical (unpaired) electrons. The Labute approximate surface area is 84.8 Å². The van der Waals surface area contributed by atoms with E-state index in [9.17, 15) is 0 Å². The molecular formula is C10H11N3Si. The first-order valence-corrected chi connectivity index (χ1v) is 7.77. The highest BCUT2D eigenvalue weighted by atomic mass is 28.3. The number of hydrogen-bond acceptors (Lipinski definition) is 3. The minimum atomic E-state index is -1.41. The lowest BCUT2D eigenvalue weighted by Crippen LogP contribution is -2.16. The molecule has 14 heavy (non-hydrogen) atoms. The van der Waals surface area contributed by atoms with Crippen LogP contribution in [0.1, 0.15) is 11.4 Å². The number of nitriles is 1. The van der Waals surface area contributed by atoms with Crippen molar-refractivity contribution in [2.45, 2.75) is 19.6 Å². The Kier molecular flexibility index (Phi) is 3.01. The summed E-state index contributed by atoms with van der Waals surface area (Å²) < 4.78 is 0. The van der Waals surface area contributed by atoms with Gasteiger partial charge in [0.2, 0.25) is 0 Å². The van der Waals surface area contributed by atoms with Gasteiger partial charge in [-0.3, -0.25) is 0 Å². The first-order valence-electron chi connectivity index (χ1n) is 4.27. The molecule has 0 bridgehead atoms. The number of nitrogens with zero attached hydrogens (tertiary/aromatic N) is 3. The van der Waals surface area contributed by atoms with Crippen molar-refractivity contribution >= 4 is 8.07 Å². The SMILES string of the molecule is C[Si](C)(C)C#Cc1nccnc1C#N. The summed E-state index contributed by atoms with van der Waals surface area (Å²) in [5.41, 5.74) is 3.94.